The van der Waals surface area contributed by atoms with Gasteiger partial charge in [0.05, 0.1) is 12.5 Å². The molecule has 0 aliphatic rings. The van der Waals surface area contributed by atoms with Crippen molar-refractivity contribution >= 4 is 0 Å². The Morgan fingerprint density at radius 3 is 1.75 bits per heavy atom. The Balaban J connectivity index is 3.21. The van der Waals surface area contributed by atoms with Crippen molar-refractivity contribution in [1.29, 1.82) is 0 Å². The van der Waals surface area contributed by atoms with Gasteiger partial charge in [-0.1, -0.05) is 13.2 Å². The average Bonchev–Trinajstić information content (AvgIpc) is 2.06. The van der Waals surface area contributed by atoms with Crippen LogP contribution in [-0.4, -0.2) is 13.6 Å². The third-order valence-corrected chi connectivity index (χ3v) is 0.812. The van der Waals surface area contributed by atoms with E-state index in [0.29, 0.717) is 0 Å². The quantitative estimate of drug-likeness (QED) is 0.317. The maximum absolute atomic E-state index is 4.80. The van der Waals surface area contributed by atoms with Gasteiger partial charge in [-0.15, -0.1) is 0 Å². The fraction of sp³-hybridized carbons (Fsp3) is 0.250. The molecular weight excluding hydrogens is 160 g/mol. The number of ether oxygens (including phenoxy) is 4. The van der Waals surface area contributed by atoms with Crippen molar-refractivity contribution in [2.24, 2.45) is 0 Å². The average molecular weight is 172 g/mol. The summed E-state index contributed by atoms with van der Waals surface area (Å²) in [5.41, 5.74) is 0. The van der Waals surface area contributed by atoms with Crippen LogP contribution in [0.3, 0.4) is 0 Å². The van der Waals surface area contributed by atoms with Crippen LogP contribution in [0.4, 0.5) is 0 Å². The first-order chi connectivity index (χ1) is 5.81. The minimum absolute atomic E-state index is 0.0242. The zero-order chi connectivity index (χ0) is 9.23. The second-order valence-corrected chi connectivity index (χ2v) is 1.56. The van der Waals surface area contributed by atoms with E-state index in [2.05, 4.69) is 29.2 Å². The standard InChI is InChI=1S/C8H12O4/c1-4-9-6-11-8(3)12-7-10-5-2/h4-5H,1-3,6-7H2. The van der Waals surface area contributed by atoms with Crippen molar-refractivity contribution in [1.82, 2.24) is 0 Å². The Bertz CT molecular complexity index is 137. The summed E-state index contributed by atoms with van der Waals surface area (Å²) in [6.45, 7) is 10.1. The van der Waals surface area contributed by atoms with E-state index in [9.17, 15) is 0 Å². The van der Waals surface area contributed by atoms with E-state index in [1.165, 1.54) is 12.5 Å². The maximum atomic E-state index is 4.80. The van der Waals surface area contributed by atoms with Gasteiger partial charge in [0.2, 0.25) is 13.6 Å². The van der Waals surface area contributed by atoms with Crippen LogP contribution in [0.2, 0.25) is 0 Å². The van der Waals surface area contributed by atoms with Gasteiger partial charge in [0.1, 0.15) is 0 Å². The first-order valence-electron chi connectivity index (χ1n) is 3.20. The minimum Gasteiger partial charge on any atom is -0.466 e. The highest BCUT2D eigenvalue weighted by Crippen LogP contribution is 1.96. The normalized spacial score (nSPS) is 8.00. The first kappa shape index (κ1) is 10.4. The fourth-order valence-corrected chi connectivity index (χ4v) is 0.337. The smallest absolute Gasteiger partial charge is 0.277 e. The molecule has 0 bridgehead atoms. The molecule has 0 aromatic carbocycles. The predicted molar refractivity (Wildman–Crippen MR) is 43.6 cm³/mol. The zero-order valence-electron chi connectivity index (χ0n) is 6.82. The first-order valence-corrected chi connectivity index (χ1v) is 3.20. The topological polar surface area (TPSA) is 36.9 Å². The molecule has 0 rings (SSSR count). The van der Waals surface area contributed by atoms with Gasteiger partial charge in [-0.05, 0) is 6.58 Å². The van der Waals surface area contributed by atoms with Crippen molar-refractivity contribution in [3.63, 3.8) is 0 Å². The molecule has 0 amide bonds. The van der Waals surface area contributed by atoms with Crippen molar-refractivity contribution < 1.29 is 18.9 Å². The zero-order valence-corrected chi connectivity index (χ0v) is 6.82. The summed E-state index contributed by atoms with van der Waals surface area (Å²) >= 11 is 0. The van der Waals surface area contributed by atoms with Crippen LogP contribution in [0.5, 0.6) is 0 Å². The second kappa shape index (κ2) is 7.53. The Kier molecular flexibility index (Phi) is 6.54. The molecule has 0 heterocycles. The molecule has 0 aliphatic heterocycles. The van der Waals surface area contributed by atoms with Gasteiger partial charge in [0.15, 0.2) is 0 Å². The highest BCUT2D eigenvalue weighted by molar-refractivity contribution is 4.65. The van der Waals surface area contributed by atoms with Crippen molar-refractivity contribution in [2.75, 3.05) is 13.6 Å². The summed E-state index contributed by atoms with van der Waals surface area (Å²) in [7, 11) is 0. The van der Waals surface area contributed by atoms with E-state index in [-0.39, 0.29) is 19.5 Å². The monoisotopic (exact) mass is 172 g/mol. The SMILES string of the molecule is C=COCOC(=C)OCOC=C. The Morgan fingerprint density at radius 1 is 1.00 bits per heavy atom. The van der Waals surface area contributed by atoms with Crippen molar-refractivity contribution in [2.45, 2.75) is 0 Å². The van der Waals surface area contributed by atoms with E-state index in [4.69, 9.17) is 9.47 Å². The van der Waals surface area contributed by atoms with Crippen LogP contribution >= 0.6 is 0 Å². The fourth-order valence-electron chi connectivity index (χ4n) is 0.337. The molecule has 0 spiro atoms. The molecule has 0 radical (unpaired) electrons. The third kappa shape index (κ3) is 6.54. The third-order valence-electron chi connectivity index (χ3n) is 0.812. The van der Waals surface area contributed by atoms with E-state index >= 15 is 0 Å². The van der Waals surface area contributed by atoms with Crippen molar-refractivity contribution in [3.05, 3.63) is 38.2 Å². The summed E-state index contributed by atoms with van der Waals surface area (Å²) in [6, 6.07) is 0. The summed E-state index contributed by atoms with van der Waals surface area (Å²) in [5, 5.41) is 0. The number of hydrogen-bond donors (Lipinski definition) is 0. The van der Waals surface area contributed by atoms with E-state index < -0.39 is 0 Å². The predicted octanol–water partition coefficient (Wildman–Crippen LogP) is 1.73. The number of rotatable bonds is 8. The van der Waals surface area contributed by atoms with Gasteiger partial charge in [-0.2, -0.15) is 0 Å². The van der Waals surface area contributed by atoms with Crippen LogP contribution in [0, 0.1) is 0 Å². The molecule has 0 aromatic rings. The summed E-state index contributed by atoms with van der Waals surface area (Å²) < 4.78 is 18.9. The van der Waals surface area contributed by atoms with Gasteiger partial charge >= 0.3 is 0 Å². The molecule has 4 heteroatoms. The molecule has 4 nitrogen and oxygen atoms in total. The van der Waals surface area contributed by atoms with Crippen LogP contribution in [0.15, 0.2) is 38.2 Å². The Labute approximate surface area is 71.7 Å². The second-order valence-electron chi connectivity index (χ2n) is 1.56. The molecule has 0 aromatic heterocycles. The Morgan fingerprint density at radius 2 is 1.42 bits per heavy atom. The highest BCUT2D eigenvalue weighted by Gasteiger charge is 1.92. The van der Waals surface area contributed by atoms with Crippen molar-refractivity contribution in [3.8, 4) is 0 Å². The van der Waals surface area contributed by atoms with Gasteiger partial charge in [-0.3, -0.25) is 0 Å². The summed E-state index contributed by atoms with van der Waals surface area (Å²) in [5.74, 6) is 0.124. The molecule has 0 saturated carbocycles. The van der Waals surface area contributed by atoms with Gasteiger partial charge in [0, 0.05) is 0 Å². The van der Waals surface area contributed by atoms with Crippen LogP contribution in [0.25, 0.3) is 0 Å². The molecule has 0 unspecified atom stereocenters. The Hall–Kier alpha value is -1.58. The van der Waals surface area contributed by atoms with E-state index in [1.807, 2.05) is 0 Å². The molecule has 68 valence electrons. The lowest BCUT2D eigenvalue weighted by molar-refractivity contribution is -0.0815. The molecule has 0 N–H and O–H groups in total. The van der Waals surface area contributed by atoms with Gasteiger partial charge < -0.3 is 18.9 Å². The summed E-state index contributed by atoms with van der Waals surface area (Å²) in [4.78, 5) is 0. The van der Waals surface area contributed by atoms with E-state index in [0.717, 1.165) is 0 Å². The lowest BCUT2D eigenvalue weighted by atomic mass is 11.0. The van der Waals surface area contributed by atoms with Crippen LogP contribution in [-0.2, 0) is 18.9 Å². The molecule has 0 saturated heterocycles. The van der Waals surface area contributed by atoms with Gasteiger partial charge in [-0.25, -0.2) is 0 Å². The summed E-state index contributed by atoms with van der Waals surface area (Å²) in [6.07, 6.45) is 2.51. The molecule has 0 fully saturated rings. The lowest BCUT2D eigenvalue weighted by Gasteiger charge is -2.08. The molecule has 0 atom stereocenters. The highest BCUT2D eigenvalue weighted by atomic mass is 16.8. The molecular formula is C8H12O4. The van der Waals surface area contributed by atoms with Crippen LogP contribution in [0.1, 0.15) is 0 Å². The minimum atomic E-state index is 0.0242. The van der Waals surface area contributed by atoms with E-state index in [1.54, 1.807) is 0 Å². The number of hydrogen-bond acceptors (Lipinski definition) is 4. The largest absolute Gasteiger partial charge is 0.466 e. The molecule has 12 heavy (non-hydrogen) atoms. The van der Waals surface area contributed by atoms with Crippen LogP contribution < -0.4 is 0 Å². The maximum Gasteiger partial charge on any atom is 0.277 e. The van der Waals surface area contributed by atoms with Gasteiger partial charge in [0.25, 0.3) is 5.95 Å². The molecule has 0 aliphatic carbocycles. The lowest BCUT2D eigenvalue weighted by Crippen LogP contribution is -2.01.